The zero-order valence-corrected chi connectivity index (χ0v) is 58.2. The fourth-order valence-corrected chi connectivity index (χ4v) is 10.3. The largest absolute Gasteiger partial charge is 0.481 e. The van der Waals surface area contributed by atoms with Crippen molar-refractivity contribution in [1.29, 1.82) is 0 Å². The van der Waals surface area contributed by atoms with Crippen LogP contribution in [0.15, 0.2) is 25.0 Å². The van der Waals surface area contributed by atoms with Gasteiger partial charge in [0.25, 0.3) is 0 Å². The number of amides is 11. The average Bonchev–Trinajstić information content (AvgIpc) is 0.934. The predicted octanol–water partition coefficient (Wildman–Crippen LogP) is -4.07. The van der Waals surface area contributed by atoms with E-state index in [4.69, 9.17) is 34.4 Å². The van der Waals surface area contributed by atoms with Gasteiger partial charge in [0, 0.05) is 43.0 Å². The molecular weight excluding hydrogens is 1290 g/mol. The molecule has 36 nitrogen and oxygen atoms in total. The lowest BCUT2D eigenvalue weighted by molar-refractivity contribution is -0.147. The third kappa shape index (κ3) is 34.1. The van der Waals surface area contributed by atoms with Crippen molar-refractivity contribution >= 4 is 76.9 Å². The molecule has 27 N–H and O–H groups in total. The quantitative estimate of drug-likeness (QED) is 0.0221. The maximum atomic E-state index is 14.8. The van der Waals surface area contributed by atoms with E-state index in [0.29, 0.717) is 56.5 Å². The Morgan fingerprint density at radius 3 is 1.20 bits per heavy atom. The molecule has 0 aromatic carbocycles. The molecule has 2 aromatic heterocycles. The number of nitrogens with zero attached hydrogens (tertiary/aromatic N) is 2. The molecule has 0 aliphatic heterocycles. The van der Waals surface area contributed by atoms with Crippen molar-refractivity contribution in [3.05, 3.63) is 36.4 Å². The Morgan fingerprint density at radius 1 is 0.455 bits per heavy atom. The zero-order valence-electron chi connectivity index (χ0n) is 58.2. The van der Waals surface area contributed by atoms with Crippen molar-refractivity contribution in [3.63, 3.8) is 0 Å². The van der Waals surface area contributed by atoms with Crippen LogP contribution in [-0.4, -0.2) is 199 Å². The number of H-pyrrole nitrogens is 2. The van der Waals surface area contributed by atoms with E-state index in [1.807, 2.05) is 5.32 Å². The molecule has 2 aromatic rings. The number of carboxylic acid groups (broad SMARTS) is 2. The first-order valence-corrected chi connectivity index (χ1v) is 33.8. The first-order valence-electron chi connectivity index (χ1n) is 33.8. The minimum Gasteiger partial charge on any atom is -0.481 e. The van der Waals surface area contributed by atoms with E-state index in [2.05, 4.69) is 73.1 Å². The van der Waals surface area contributed by atoms with Gasteiger partial charge in [-0.3, -0.25) is 62.9 Å². The average molecular weight is 1400 g/mol. The highest BCUT2D eigenvalue weighted by Crippen LogP contribution is 2.16. The first kappa shape index (κ1) is 86.4. The van der Waals surface area contributed by atoms with Gasteiger partial charge in [-0.15, -0.1) is 0 Å². The van der Waals surface area contributed by atoms with Crippen LogP contribution in [0.4, 0.5) is 0 Å². The highest BCUT2D eigenvalue weighted by Gasteiger charge is 2.38. The number of nitrogens with two attached hydrogens (primary N) is 6. The van der Waals surface area contributed by atoms with Crippen LogP contribution in [0.2, 0.25) is 0 Å². The monoisotopic (exact) mass is 1400 g/mol. The number of hydrogen-bond donors (Lipinski definition) is 21. The number of primary amides is 1. The van der Waals surface area contributed by atoms with Crippen LogP contribution in [0.1, 0.15) is 163 Å². The van der Waals surface area contributed by atoms with Gasteiger partial charge in [0.05, 0.1) is 25.1 Å². The number of unbranched alkanes of at least 4 members (excludes halogenated alkanes) is 2. The van der Waals surface area contributed by atoms with E-state index in [-0.39, 0.29) is 82.2 Å². The fourth-order valence-electron chi connectivity index (χ4n) is 10.3. The van der Waals surface area contributed by atoms with Crippen LogP contribution >= 0.6 is 0 Å². The highest BCUT2D eigenvalue weighted by molar-refractivity contribution is 5.99. The summed E-state index contributed by atoms with van der Waals surface area (Å²) >= 11 is 0. The first-order chi connectivity index (χ1) is 46.7. The summed E-state index contributed by atoms with van der Waals surface area (Å²) in [6, 6.07) is -15.4. The summed E-state index contributed by atoms with van der Waals surface area (Å²) in [6.45, 7) is 14.8. The van der Waals surface area contributed by atoms with E-state index in [9.17, 15) is 72.5 Å². The van der Waals surface area contributed by atoms with Crippen molar-refractivity contribution in [2.45, 2.75) is 237 Å². The Kier molecular flexibility index (Phi) is 40.0. The summed E-state index contributed by atoms with van der Waals surface area (Å²) in [6.07, 6.45) is 5.21. The van der Waals surface area contributed by atoms with Gasteiger partial charge < -0.3 is 108 Å². The number of carboxylic acids is 2. The molecular formula is C63H111N21O15. The lowest BCUT2D eigenvalue weighted by Crippen LogP contribution is -2.61. The summed E-state index contributed by atoms with van der Waals surface area (Å²) in [5, 5.41) is 48.0. The minimum absolute atomic E-state index is 0.0162. The van der Waals surface area contributed by atoms with E-state index < -0.39 is 175 Å². The van der Waals surface area contributed by atoms with E-state index >= 15 is 0 Å². The Balaban J connectivity index is 2.57. The number of aromatic nitrogens is 4. The summed E-state index contributed by atoms with van der Waals surface area (Å²) < 4.78 is 0. The Bertz CT molecular complexity index is 2880. The summed E-state index contributed by atoms with van der Waals surface area (Å²) in [5.74, 6) is -14.0. The van der Waals surface area contributed by atoms with Crippen molar-refractivity contribution in [1.82, 2.24) is 78.4 Å². The van der Waals surface area contributed by atoms with Crippen LogP contribution in [0.3, 0.4) is 0 Å². The molecule has 2 rings (SSSR count). The van der Waals surface area contributed by atoms with E-state index in [1.165, 1.54) is 25.0 Å². The van der Waals surface area contributed by atoms with Crippen molar-refractivity contribution < 1.29 is 72.5 Å². The van der Waals surface area contributed by atoms with Crippen LogP contribution < -0.4 is 92.9 Å². The Labute approximate surface area is 577 Å². The van der Waals surface area contributed by atoms with Gasteiger partial charge in [-0.05, 0) is 114 Å². The van der Waals surface area contributed by atoms with E-state index in [0.717, 1.165) is 0 Å². The van der Waals surface area contributed by atoms with Crippen LogP contribution in [0.5, 0.6) is 0 Å². The molecule has 558 valence electrons. The number of imidazole rings is 2. The normalized spacial score (nSPS) is 15.1. The molecule has 0 fully saturated rings. The molecule has 12 atom stereocenters. The molecule has 99 heavy (non-hydrogen) atoms. The lowest BCUT2D eigenvalue weighted by Gasteiger charge is -2.30. The summed E-state index contributed by atoms with van der Waals surface area (Å²) in [7, 11) is 0. The van der Waals surface area contributed by atoms with Gasteiger partial charge in [-0.2, -0.15) is 0 Å². The van der Waals surface area contributed by atoms with Crippen LogP contribution in [0.25, 0.3) is 0 Å². The number of hydrogen-bond acceptors (Lipinski definition) is 21. The summed E-state index contributed by atoms with van der Waals surface area (Å²) in [4.78, 5) is 192. The second-order valence-corrected chi connectivity index (χ2v) is 26.1. The van der Waals surface area contributed by atoms with Crippen LogP contribution in [-0.2, 0) is 75.2 Å². The zero-order chi connectivity index (χ0) is 74.5. The molecule has 36 heteroatoms. The number of aliphatic carboxylic acids is 2. The SMILES string of the molecule is CC[C@H](C)[C@H](NC(=O)[C@H](CCCCN)NC(=O)[C@H](Cc1cnc[nH]1)NC(=O)[C@@H](N)CCCCN)C(=O)N[C@@H](CC(C)C)C(=O)N[C@@H](Cc1cnc[nH]1)C(=O)N[C@@H](CCCNC(N)N)C(=O)N[C@@H](CC(C)C)C(=O)N[C@@H](CC(C)C)C(=O)N[C@@H](CCC(N)=O)C(=O)N[C@@H](CC(=O)O)C(=O)O. The Hall–Kier alpha value is -8.71. The maximum Gasteiger partial charge on any atom is 0.326 e. The molecule has 0 aliphatic rings. The van der Waals surface area contributed by atoms with Crippen LogP contribution in [0, 0.1) is 23.7 Å². The second-order valence-electron chi connectivity index (χ2n) is 26.1. The number of rotatable bonds is 51. The highest BCUT2D eigenvalue weighted by atomic mass is 16.4. The van der Waals surface area contributed by atoms with Gasteiger partial charge in [-0.1, -0.05) is 68.2 Å². The van der Waals surface area contributed by atoms with Gasteiger partial charge in [-0.25, -0.2) is 14.8 Å². The smallest absolute Gasteiger partial charge is 0.326 e. The molecule has 0 saturated heterocycles. The molecule has 2 heterocycles. The van der Waals surface area contributed by atoms with Gasteiger partial charge in [0.2, 0.25) is 65.0 Å². The topological polar surface area (TPSA) is 608 Å². The lowest BCUT2D eigenvalue weighted by atomic mass is 9.96. The predicted molar refractivity (Wildman–Crippen MR) is 363 cm³/mol. The number of carbonyl (C=O) groups is 13. The van der Waals surface area contributed by atoms with Gasteiger partial charge >= 0.3 is 11.9 Å². The third-order valence-electron chi connectivity index (χ3n) is 15.9. The minimum atomic E-state index is -1.92. The molecule has 0 saturated carbocycles. The standard InChI is InChI=1S/C63H111N21O15/c1-9-36(8)51(84-55(91)40(16-11-13-21-65)75-59(95)46(26-37-29-70-31-73-37)78-52(88)39(66)15-10-12-20-64)61(97)82-45(25-35(6)7)58(94)81-47(27-38-30-71-32-74-38)60(96)76-41(17-14-22-72-63(68)69)53(89)79-44(24-34(4)5)57(93)80-43(23-33(2)3)56(92)77-42(18-19-49(67)85)54(90)83-48(62(98)99)28-50(86)87/h29-36,39-48,51,63,72H,9-28,64-66,68-69H2,1-8H3,(H2,67,85)(H,70,73)(H,71,74)(H,75,95)(H,76,96)(H,77,92)(H,78,88)(H,79,89)(H,80,93)(H,81,94)(H,82,97)(H,83,90)(H,84,91)(H,86,87)(H,98,99)/t36-,39-,40-,41-,42-,43-,44-,45-,46-,47-,48-,51-/m0/s1. The molecule has 0 bridgehead atoms. The van der Waals surface area contributed by atoms with Gasteiger partial charge in [0.1, 0.15) is 66.7 Å². The molecule has 11 amide bonds. The molecule has 0 unspecified atom stereocenters. The second kappa shape index (κ2) is 45.8. The molecule has 0 aliphatic carbocycles. The number of carbonyl (C=O) groups excluding carboxylic acids is 11. The van der Waals surface area contributed by atoms with Crippen molar-refractivity contribution in [2.24, 2.45) is 58.1 Å². The van der Waals surface area contributed by atoms with Crippen molar-refractivity contribution in [2.75, 3.05) is 19.6 Å². The van der Waals surface area contributed by atoms with Crippen molar-refractivity contribution in [3.8, 4) is 0 Å². The van der Waals surface area contributed by atoms with E-state index in [1.54, 1.807) is 55.4 Å². The third-order valence-corrected chi connectivity index (χ3v) is 15.9. The molecule has 0 spiro atoms. The summed E-state index contributed by atoms with van der Waals surface area (Å²) in [5.41, 5.74) is 35.3. The Morgan fingerprint density at radius 2 is 0.818 bits per heavy atom. The number of aromatic amines is 2. The number of nitrogens with one attached hydrogen (secondary N) is 13. The fraction of sp³-hybridized carbons (Fsp3) is 0.698. The molecule has 0 radical (unpaired) electrons. The van der Waals surface area contributed by atoms with Gasteiger partial charge in [0.15, 0.2) is 0 Å². The maximum absolute atomic E-state index is 14.8.